The number of benzene rings is 4. The van der Waals surface area contributed by atoms with Crippen LogP contribution in [0.25, 0.3) is 32.3 Å². The third kappa shape index (κ3) is 5.34. The van der Waals surface area contributed by atoms with Crippen molar-refractivity contribution >= 4 is 48.1 Å². The van der Waals surface area contributed by atoms with Gasteiger partial charge in [-0.15, -0.1) is 0 Å². The Hall–Kier alpha value is -2.70. The van der Waals surface area contributed by atoms with Crippen LogP contribution in [0.4, 0.5) is 0 Å². The van der Waals surface area contributed by atoms with Crippen LogP contribution in [0.1, 0.15) is 57.8 Å². The van der Waals surface area contributed by atoms with E-state index in [9.17, 15) is 13.2 Å². The average Bonchev–Trinajstić information content (AvgIpc) is 2.83. The van der Waals surface area contributed by atoms with Crippen LogP contribution in [0.2, 0.25) is 0 Å². The number of carboxylic acid groups (broad SMARTS) is 1. The SMILES string of the molecule is NC(CCCCCCCCCCS(=O)(=O)c1ccc2ccc3cccc4ccc1c2c34)C(=O)O. The summed E-state index contributed by atoms with van der Waals surface area (Å²) in [6.45, 7) is 0. The van der Waals surface area contributed by atoms with E-state index >= 15 is 0 Å². The van der Waals surface area contributed by atoms with Crippen LogP contribution < -0.4 is 5.73 Å². The number of rotatable bonds is 13. The minimum atomic E-state index is -3.36. The standard InChI is InChI=1S/C28H33NO4S/c29-24(28(30)31)12-7-5-3-1-2-4-6-8-19-34(32,33)25-18-16-22-14-13-20-10-9-11-21-15-17-23(25)27(22)26(20)21/h9-11,13-18,24H,1-8,12,19,29H2,(H,30,31). The fourth-order valence-electron chi connectivity index (χ4n) is 4.93. The van der Waals surface area contributed by atoms with Gasteiger partial charge in [0.15, 0.2) is 9.84 Å². The molecule has 3 N–H and O–H groups in total. The summed E-state index contributed by atoms with van der Waals surface area (Å²) in [5.41, 5.74) is 5.51. The minimum Gasteiger partial charge on any atom is -0.480 e. The molecule has 0 saturated heterocycles. The molecular formula is C28H33NO4S. The number of sulfone groups is 1. The monoisotopic (exact) mass is 479 g/mol. The van der Waals surface area contributed by atoms with Crippen LogP contribution in [0, 0.1) is 0 Å². The lowest BCUT2D eigenvalue weighted by atomic mass is 9.94. The van der Waals surface area contributed by atoms with Crippen molar-refractivity contribution in [3.8, 4) is 0 Å². The van der Waals surface area contributed by atoms with Gasteiger partial charge in [0.2, 0.25) is 0 Å². The Morgan fingerprint density at radius 2 is 1.26 bits per heavy atom. The summed E-state index contributed by atoms with van der Waals surface area (Å²) in [7, 11) is -3.36. The number of nitrogens with two attached hydrogens (primary N) is 1. The lowest BCUT2D eigenvalue weighted by molar-refractivity contribution is -0.138. The molecule has 0 bridgehead atoms. The van der Waals surface area contributed by atoms with Crippen molar-refractivity contribution in [2.24, 2.45) is 5.73 Å². The van der Waals surface area contributed by atoms with Crippen molar-refractivity contribution in [2.75, 3.05) is 5.75 Å². The quantitative estimate of drug-likeness (QED) is 0.174. The molecule has 0 aliphatic carbocycles. The second-order valence-corrected chi connectivity index (χ2v) is 11.4. The summed E-state index contributed by atoms with van der Waals surface area (Å²) >= 11 is 0. The Morgan fingerprint density at radius 3 is 1.91 bits per heavy atom. The topological polar surface area (TPSA) is 97.5 Å². The van der Waals surface area contributed by atoms with Gasteiger partial charge >= 0.3 is 5.97 Å². The summed E-state index contributed by atoms with van der Waals surface area (Å²) in [5.74, 6) is -0.763. The van der Waals surface area contributed by atoms with Gasteiger partial charge < -0.3 is 10.8 Å². The molecule has 0 radical (unpaired) electrons. The summed E-state index contributed by atoms with van der Waals surface area (Å²) in [5, 5.41) is 15.1. The van der Waals surface area contributed by atoms with Gasteiger partial charge in [0, 0.05) is 5.39 Å². The number of unbranched alkanes of at least 4 members (excludes halogenated alkanes) is 7. The fraction of sp³-hybridized carbons (Fsp3) is 0.393. The highest BCUT2D eigenvalue weighted by Crippen LogP contribution is 2.37. The molecule has 0 amide bonds. The molecule has 34 heavy (non-hydrogen) atoms. The third-order valence-corrected chi connectivity index (χ3v) is 8.67. The van der Waals surface area contributed by atoms with Crippen molar-refractivity contribution in [2.45, 2.75) is 68.7 Å². The molecule has 0 heterocycles. The highest BCUT2D eigenvalue weighted by atomic mass is 32.2. The van der Waals surface area contributed by atoms with E-state index < -0.39 is 21.8 Å². The largest absolute Gasteiger partial charge is 0.480 e. The maximum absolute atomic E-state index is 13.2. The molecule has 0 aliphatic heterocycles. The first kappa shape index (κ1) is 24.4. The zero-order chi connectivity index (χ0) is 24.1. The molecule has 5 nitrogen and oxygen atoms in total. The van der Waals surface area contributed by atoms with Crippen molar-refractivity contribution in [1.82, 2.24) is 0 Å². The van der Waals surface area contributed by atoms with Crippen LogP contribution in [0.15, 0.2) is 59.5 Å². The normalized spacial score (nSPS) is 13.2. The van der Waals surface area contributed by atoms with Crippen LogP contribution in [0.3, 0.4) is 0 Å². The predicted octanol–water partition coefficient (Wildman–Crippen LogP) is 6.28. The zero-order valence-electron chi connectivity index (χ0n) is 19.5. The van der Waals surface area contributed by atoms with Gasteiger partial charge in [0.1, 0.15) is 6.04 Å². The highest BCUT2D eigenvalue weighted by Gasteiger charge is 2.20. The molecule has 180 valence electrons. The van der Waals surface area contributed by atoms with Crippen molar-refractivity contribution in [3.63, 3.8) is 0 Å². The molecule has 4 rings (SSSR count). The molecule has 0 spiro atoms. The molecule has 6 heteroatoms. The fourth-order valence-corrected chi connectivity index (χ4v) is 6.51. The first-order chi connectivity index (χ1) is 16.4. The number of carbonyl (C=O) groups is 1. The van der Waals surface area contributed by atoms with Crippen LogP contribution in [-0.2, 0) is 14.6 Å². The Kier molecular flexibility index (Phi) is 7.69. The zero-order valence-corrected chi connectivity index (χ0v) is 20.3. The van der Waals surface area contributed by atoms with Gasteiger partial charge in [0.05, 0.1) is 10.6 Å². The number of carboxylic acids is 1. The minimum absolute atomic E-state index is 0.171. The lowest BCUT2D eigenvalue weighted by Crippen LogP contribution is -2.29. The average molecular weight is 480 g/mol. The number of aliphatic carboxylic acids is 1. The van der Waals surface area contributed by atoms with Gasteiger partial charge in [-0.3, -0.25) is 4.79 Å². The first-order valence-electron chi connectivity index (χ1n) is 12.3. The van der Waals surface area contributed by atoms with Crippen molar-refractivity contribution < 1.29 is 18.3 Å². The first-order valence-corrected chi connectivity index (χ1v) is 13.9. The summed E-state index contributed by atoms with van der Waals surface area (Å²) in [4.78, 5) is 11.1. The van der Waals surface area contributed by atoms with Crippen LogP contribution in [-0.4, -0.2) is 31.3 Å². The van der Waals surface area contributed by atoms with Gasteiger partial charge in [-0.25, -0.2) is 8.42 Å². The van der Waals surface area contributed by atoms with Gasteiger partial charge in [0.25, 0.3) is 0 Å². The van der Waals surface area contributed by atoms with Crippen LogP contribution >= 0.6 is 0 Å². The molecule has 0 saturated carbocycles. The third-order valence-electron chi connectivity index (χ3n) is 6.82. The molecule has 1 unspecified atom stereocenters. The maximum Gasteiger partial charge on any atom is 0.320 e. The molecule has 0 fully saturated rings. The Bertz CT molecular complexity index is 1360. The smallest absolute Gasteiger partial charge is 0.320 e. The van der Waals surface area contributed by atoms with Gasteiger partial charge in [-0.1, -0.05) is 93.5 Å². The maximum atomic E-state index is 13.2. The molecule has 0 aliphatic rings. The lowest BCUT2D eigenvalue weighted by Gasteiger charge is -2.14. The summed E-state index contributed by atoms with van der Waals surface area (Å²) in [6, 6.07) is 17.3. The highest BCUT2D eigenvalue weighted by molar-refractivity contribution is 7.91. The van der Waals surface area contributed by atoms with Crippen LogP contribution in [0.5, 0.6) is 0 Å². The summed E-state index contributed by atoms with van der Waals surface area (Å²) in [6.07, 6.45) is 8.15. The van der Waals surface area contributed by atoms with E-state index in [0.717, 1.165) is 77.3 Å². The predicted molar refractivity (Wildman–Crippen MR) is 139 cm³/mol. The van der Waals surface area contributed by atoms with Gasteiger partial charge in [-0.05, 0) is 45.8 Å². The summed E-state index contributed by atoms with van der Waals surface area (Å²) < 4.78 is 26.5. The van der Waals surface area contributed by atoms with Crippen molar-refractivity contribution in [1.29, 1.82) is 0 Å². The Balaban J connectivity index is 1.30. The van der Waals surface area contributed by atoms with E-state index in [1.165, 1.54) is 0 Å². The second-order valence-electron chi connectivity index (χ2n) is 9.30. The number of hydrogen-bond donors (Lipinski definition) is 2. The molecule has 1 atom stereocenters. The van der Waals surface area contributed by atoms with E-state index in [-0.39, 0.29) is 5.75 Å². The molecule has 0 aromatic heterocycles. The number of hydrogen-bond acceptors (Lipinski definition) is 4. The van der Waals surface area contributed by atoms with E-state index in [2.05, 4.69) is 24.3 Å². The molecule has 4 aromatic rings. The second kappa shape index (κ2) is 10.7. The molecule has 4 aromatic carbocycles. The van der Waals surface area contributed by atoms with E-state index in [1.54, 1.807) is 6.07 Å². The van der Waals surface area contributed by atoms with E-state index in [4.69, 9.17) is 10.8 Å². The van der Waals surface area contributed by atoms with E-state index in [0.29, 0.717) is 17.7 Å². The Labute approximate surface area is 201 Å². The van der Waals surface area contributed by atoms with E-state index in [1.807, 2.05) is 24.3 Å². The van der Waals surface area contributed by atoms with Gasteiger partial charge in [-0.2, -0.15) is 0 Å². The van der Waals surface area contributed by atoms with Crippen molar-refractivity contribution in [3.05, 3.63) is 54.6 Å². The Morgan fingerprint density at radius 1 is 0.735 bits per heavy atom. The molecular weight excluding hydrogens is 446 g/mol.